The molecule has 0 spiro atoms. The number of piperidine rings is 1. The van der Waals surface area contributed by atoms with E-state index in [1.807, 2.05) is 37.3 Å². The van der Waals surface area contributed by atoms with Gasteiger partial charge in [-0.15, -0.1) is 12.4 Å². The summed E-state index contributed by atoms with van der Waals surface area (Å²) in [7, 11) is 1.65. The summed E-state index contributed by atoms with van der Waals surface area (Å²) >= 11 is 0. The number of nitrogens with zero attached hydrogens (tertiary/aromatic N) is 2. The number of aromatic nitrogens is 2. The van der Waals surface area contributed by atoms with Gasteiger partial charge in [-0.3, -0.25) is 4.79 Å². The van der Waals surface area contributed by atoms with Crippen LogP contribution in [0.15, 0.2) is 35.1 Å². The molecule has 5 nitrogen and oxygen atoms in total. The van der Waals surface area contributed by atoms with Crippen molar-refractivity contribution in [3.05, 3.63) is 57.5 Å². The summed E-state index contributed by atoms with van der Waals surface area (Å²) in [6.45, 7) is 4.53. The zero-order valence-electron chi connectivity index (χ0n) is 14.8. The zero-order chi connectivity index (χ0) is 16.9. The number of nitrogens with one attached hydrogen (secondary N) is 1. The number of rotatable bonds is 5. The molecule has 1 unspecified atom stereocenters. The van der Waals surface area contributed by atoms with Crippen LogP contribution in [0, 0.1) is 0 Å². The van der Waals surface area contributed by atoms with E-state index in [2.05, 4.69) is 10.4 Å². The van der Waals surface area contributed by atoms with Crippen molar-refractivity contribution in [1.29, 1.82) is 0 Å². The van der Waals surface area contributed by atoms with Crippen molar-refractivity contribution in [2.45, 2.75) is 38.6 Å². The molecule has 6 heteroatoms. The van der Waals surface area contributed by atoms with Crippen molar-refractivity contribution in [2.75, 3.05) is 20.2 Å². The molecule has 1 atom stereocenters. The second-order valence-corrected chi connectivity index (χ2v) is 6.30. The SMILES string of the molecule is CCc1cc(C2CCCNC2)nn(Cc2ccc(OC)cc2)c1=O.Cl. The number of methoxy groups -OCH3 is 1. The summed E-state index contributed by atoms with van der Waals surface area (Å²) < 4.78 is 6.80. The van der Waals surface area contributed by atoms with Gasteiger partial charge < -0.3 is 10.1 Å². The van der Waals surface area contributed by atoms with Gasteiger partial charge in [0.1, 0.15) is 5.75 Å². The van der Waals surface area contributed by atoms with Gasteiger partial charge >= 0.3 is 0 Å². The molecule has 1 aromatic carbocycles. The number of aryl methyl sites for hydroxylation is 1. The number of halogens is 1. The van der Waals surface area contributed by atoms with Crippen LogP contribution in [0.2, 0.25) is 0 Å². The van der Waals surface area contributed by atoms with Crippen LogP contribution >= 0.6 is 12.4 Å². The fourth-order valence-electron chi connectivity index (χ4n) is 3.19. The van der Waals surface area contributed by atoms with E-state index in [0.29, 0.717) is 12.5 Å². The summed E-state index contributed by atoms with van der Waals surface area (Å²) in [6, 6.07) is 9.79. The Hall–Kier alpha value is -1.85. The van der Waals surface area contributed by atoms with Crippen LogP contribution < -0.4 is 15.6 Å². The molecule has 1 fully saturated rings. The lowest BCUT2D eigenvalue weighted by atomic mass is 9.95. The van der Waals surface area contributed by atoms with Crippen LogP contribution in [0.4, 0.5) is 0 Å². The number of hydrogen-bond donors (Lipinski definition) is 1. The second kappa shape index (κ2) is 9.02. The predicted octanol–water partition coefficient (Wildman–Crippen LogP) is 2.75. The maximum Gasteiger partial charge on any atom is 0.270 e. The molecule has 1 aromatic heterocycles. The first-order chi connectivity index (χ1) is 11.7. The van der Waals surface area contributed by atoms with Crippen LogP contribution in [0.1, 0.15) is 42.5 Å². The summed E-state index contributed by atoms with van der Waals surface area (Å²) in [4.78, 5) is 12.6. The summed E-state index contributed by atoms with van der Waals surface area (Å²) in [5.74, 6) is 1.21. The molecule has 0 bridgehead atoms. The zero-order valence-corrected chi connectivity index (χ0v) is 15.6. The minimum absolute atomic E-state index is 0. The van der Waals surface area contributed by atoms with E-state index in [1.165, 1.54) is 0 Å². The fraction of sp³-hybridized carbons (Fsp3) is 0.474. The molecule has 1 saturated heterocycles. The van der Waals surface area contributed by atoms with E-state index < -0.39 is 0 Å². The topological polar surface area (TPSA) is 56.1 Å². The van der Waals surface area contributed by atoms with E-state index in [-0.39, 0.29) is 18.0 Å². The van der Waals surface area contributed by atoms with Gasteiger partial charge in [-0.1, -0.05) is 19.1 Å². The van der Waals surface area contributed by atoms with E-state index in [4.69, 9.17) is 4.74 Å². The van der Waals surface area contributed by atoms with E-state index in [9.17, 15) is 4.79 Å². The lowest BCUT2D eigenvalue weighted by Gasteiger charge is -2.23. The molecule has 136 valence electrons. The van der Waals surface area contributed by atoms with Crippen molar-refractivity contribution in [3.8, 4) is 5.75 Å². The average molecular weight is 364 g/mol. The van der Waals surface area contributed by atoms with Gasteiger partial charge in [0.25, 0.3) is 5.56 Å². The molecule has 0 saturated carbocycles. The normalized spacial score (nSPS) is 17.0. The Morgan fingerprint density at radius 3 is 2.68 bits per heavy atom. The number of hydrogen-bond acceptors (Lipinski definition) is 4. The summed E-state index contributed by atoms with van der Waals surface area (Å²) in [6.07, 6.45) is 3.02. The van der Waals surface area contributed by atoms with Gasteiger partial charge in [0.05, 0.1) is 19.3 Å². The molecular formula is C19H26ClN3O2. The first-order valence-electron chi connectivity index (χ1n) is 8.66. The van der Waals surface area contributed by atoms with Gasteiger partial charge in [0.15, 0.2) is 0 Å². The first-order valence-corrected chi connectivity index (χ1v) is 8.66. The number of ether oxygens (including phenoxy) is 1. The quantitative estimate of drug-likeness (QED) is 0.887. The van der Waals surface area contributed by atoms with Crippen LogP contribution in [-0.4, -0.2) is 30.0 Å². The monoisotopic (exact) mass is 363 g/mol. The van der Waals surface area contributed by atoms with Crippen LogP contribution in [0.5, 0.6) is 5.75 Å². The van der Waals surface area contributed by atoms with Crippen molar-refractivity contribution in [1.82, 2.24) is 15.1 Å². The first kappa shape index (κ1) is 19.5. The minimum Gasteiger partial charge on any atom is -0.497 e. The molecule has 1 aliphatic rings. The van der Waals surface area contributed by atoms with Gasteiger partial charge in [-0.25, -0.2) is 4.68 Å². The highest BCUT2D eigenvalue weighted by Crippen LogP contribution is 2.21. The Bertz CT molecular complexity index is 737. The fourth-order valence-corrected chi connectivity index (χ4v) is 3.19. The molecule has 25 heavy (non-hydrogen) atoms. The van der Waals surface area contributed by atoms with Crippen LogP contribution in [-0.2, 0) is 13.0 Å². The van der Waals surface area contributed by atoms with Crippen LogP contribution in [0.3, 0.4) is 0 Å². The molecule has 1 N–H and O–H groups in total. The maximum absolute atomic E-state index is 12.6. The Morgan fingerprint density at radius 2 is 2.08 bits per heavy atom. The molecule has 0 radical (unpaired) electrons. The molecule has 0 amide bonds. The second-order valence-electron chi connectivity index (χ2n) is 6.30. The van der Waals surface area contributed by atoms with Gasteiger partial charge in [-0.2, -0.15) is 5.10 Å². The minimum atomic E-state index is 0. The van der Waals surface area contributed by atoms with Gasteiger partial charge in [-0.05, 0) is 49.6 Å². The van der Waals surface area contributed by atoms with Crippen molar-refractivity contribution in [3.63, 3.8) is 0 Å². The molecule has 2 heterocycles. The Labute approximate surface area is 154 Å². The third-order valence-electron chi connectivity index (χ3n) is 4.65. The highest BCUT2D eigenvalue weighted by molar-refractivity contribution is 5.85. The lowest BCUT2D eigenvalue weighted by Crippen LogP contribution is -2.33. The summed E-state index contributed by atoms with van der Waals surface area (Å²) in [5.41, 5.74) is 2.94. The third kappa shape index (κ3) is 4.61. The Morgan fingerprint density at radius 1 is 1.32 bits per heavy atom. The third-order valence-corrected chi connectivity index (χ3v) is 4.65. The van der Waals surface area contributed by atoms with E-state index in [0.717, 1.165) is 54.9 Å². The van der Waals surface area contributed by atoms with Crippen molar-refractivity contribution < 1.29 is 4.74 Å². The molecule has 3 rings (SSSR count). The van der Waals surface area contributed by atoms with E-state index in [1.54, 1.807) is 11.8 Å². The van der Waals surface area contributed by atoms with Crippen LogP contribution in [0.25, 0.3) is 0 Å². The van der Waals surface area contributed by atoms with Gasteiger partial charge in [0.2, 0.25) is 0 Å². The van der Waals surface area contributed by atoms with Gasteiger partial charge in [0, 0.05) is 18.0 Å². The predicted molar refractivity (Wildman–Crippen MR) is 102 cm³/mol. The highest BCUT2D eigenvalue weighted by atomic mass is 35.5. The molecule has 2 aromatic rings. The summed E-state index contributed by atoms with van der Waals surface area (Å²) in [5, 5.41) is 8.10. The molecule has 1 aliphatic heterocycles. The average Bonchev–Trinajstić information content (AvgIpc) is 2.64. The smallest absolute Gasteiger partial charge is 0.270 e. The maximum atomic E-state index is 12.6. The Kier molecular flexibility index (Phi) is 7.02. The largest absolute Gasteiger partial charge is 0.497 e. The van der Waals surface area contributed by atoms with Crippen molar-refractivity contribution >= 4 is 12.4 Å². The lowest BCUT2D eigenvalue weighted by molar-refractivity contribution is 0.414. The number of benzene rings is 1. The standard InChI is InChI=1S/C19H25N3O2.ClH/c1-3-15-11-18(16-5-4-10-20-12-16)21-22(19(15)23)13-14-6-8-17(24-2)9-7-14;/h6-9,11,16,20H,3-5,10,12-13H2,1-2H3;1H. The Balaban J connectivity index is 0.00000225. The molecular weight excluding hydrogens is 338 g/mol. The van der Waals surface area contributed by atoms with Crippen molar-refractivity contribution in [2.24, 2.45) is 0 Å². The molecule has 0 aliphatic carbocycles. The van der Waals surface area contributed by atoms with E-state index >= 15 is 0 Å². The highest BCUT2D eigenvalue weighted by Gasteiger charge is 2.19.